The summed E-state index contributed by atoms with van der Waals surface area (Å²) in [7, 11) is -13.2. The molecular formula is C29H41F5O6S2. The highest BCUT2D eigenvalue weighted by molar-refractivity contribution is 7.89. The van der Waals surface area contributed by atoms with Crippen LogP contribution in [0.1, 0.15) is 144 Å². The Hall–Kier alpha value is -1.47. The van der Waals surface area contributed by atoms with Crippen molar-refractivity contribution in [2.24, 2.45) is 0 Å². The molecule has 0 bridgehead atoms. The molecule has 1 aromatic rings. The van der Waals surface area contributed by atoms with Gasteiger partial charge in [-0.2, -0.15) is 34.4 Å². The van der Waals surface area contributed by atoms with E-state index in [4.69, 9.17) is 8.74 Å². The third-order valence-corrected chi connectivity index (χ3v) is 12.2. The Balaban J connectivity index is 1.88. The highest BCUT2D eigenvalue weighted by Crippen LogP contribution is 2.53. The first-order valence-electron chi connectivity index (χ1n) is 15.1. The summed E-state index contributed by atoms with van der Waals surface area (Å²) >= 11 is 0. The SMILES string of the molecule is CCC(F)(C(F)(F)C(F)(F)S(=O)(=O)Oc1c(C2CCCCC2)cc(C2CCCCC2)cc1C1CCCCC1)S(=O)(=O)O. The van der Waals surface area contributed by atoms with E-state index in [1.807, 2.05) is 0 Å². The number of hydrogen-bond acceptors (Lipinski definition) is 5. The summed E-state index contributed by atoms with van der Waals surface area (Å²) in [5.41, 5.74) is 1.70. The van der Waals surface area contributed by atoms with E-state index in [-0.39, 0.29) is 17.8 Å². The fourth-order valence-corrected chi connectivity index (χ4v) is 8.88. The Bertz CT molecular complexity index is 1280. The molecule has 6 nitrogen and oxygen atoms in total. The van der Waals surface area contributed by atoms with E-state index in [1.165, 1.54) is 0 Å². The lowest BCUT2D eigenvalue weighted by Crippen LogP contribution is -2.63. The van der Waals surface area contributed by atoms with Crippen molar-refractivity contribution in [3.8, 4) is 5.75 Å². The molecule has 1 atom stereocenters. The minimum atomic E-state index is -6.68. The van der Waals surface area contributed by atoms with Crippen molar-refractivity contribution in [2.45, 2.75) is 144 Å². The molecule has 3 fully saturated rings. The van der Waals surface area contributed by atoms with E-state index in [0.29, 0.717) is 43.7 Å². The molecule has 0 saturated heterocycles. The molecule has 1 unspecified atom stereocenters. The second kappa shape index (κ2) is 12.5. The third-order valence-electron chi connectivity index (χ3n) is 9.54. The van der Waals surface area contributed by atoms with Crippen LogP contribution in [0.5, 0.6) is 5.75 Å². The molecule has 0 amide bonds. The first-order valence-corrected chi connectivity index (χ1v) is 18.0. The lowest BCUT2D eigenvalue weighted by molar-refractivity contribution is -0.212. The van der Waals surface area contributed by atoms with Crippen LogP contribution in [0.3, 0.4) is 0 Å². The number of hydrogen-bond donors (Lipinski definition) is 1. The lowest BCUT2D eigenvalue weighted by Gasteiger charge is -2.35. The lowest BCUT2D eigenvalue weighted by atomic mass is 9.75. The van der Waals surface area contributed by atoms with Crippen molar-refractivity contribution in [3.05, 3.63) is 28.8 Å². The van der Waals surface area contributed by atoms with Gasteiger partial charge in [0.05, 0.1) is 0 Å². The van der Waals surface area contributed by atoms with Crippen LogP contribution in [-0.4, -0.2) is 37.6 Å². The van der Waals surface area contributed by atoms with E-state index in [0.717, 1.165) is 76.2 Å². The quantitative estimate of drug-likeness (QED) is 0.155. The van der Waals surface area contributed by atoms with Crippen molar-refractivity contribution in [1.82, 2.24) is 0 Å². The van der Waals surface area contributed by atoms with E-state index in [1.54, 1.807) is 12.1 Å². The standard InChI is InChI=1S/C29H41F5O6S2/c1-2-27(30,41(35,36)37)28(31,32)29(33,34)42(38,39)40-26-24(21-14-8-4-9-15-21)18-23(20-12-6-3-7-13-20)19-25(26)22-16-10-5-11-17-22/h18-22H,2-17H2,1H3,(H,35,36,37). The molecule has 3 aliphatic rings. The maximum atomic E-state index is 15.3. The normalized spacial score (nSPS) is 22.5. The molecule has 240 valence electrons. The smallest absolute Gasteiger partial charge is 0.377 e. The zero-order chi connectivity index (χ0) is 31.0. The summed E-state index contributed by atoms with van der Waals surface area (Å²) in [6.07, 6.45) is 10.8. The van der Waals surface area contributed by atoms with E-state index >= 15 is 17.6 Å². The van der Waals surface area contributed by atoms with Gasteiger partial charge >= 0.3 is 36.4 Å². The van der Waals surface area contributed by atoms with Crippen LogP contribution < -0.4 is 4.18 Å². The molecule has 0 radical (unpaired) electrons. The number of rotatable bonds is 10. The van der Waals surface area contributed by atoms with Crippen LogP contribution in [0.2, 0.25) is 0 Å². The van der Waals surface area contributed by atoms with Gasteiger partial charge in [0, 0.05) is 6.42 Å². The predicted molar refractivity (Wildman–Crippen MR) is 149 cm³/mol. The molecule has 1 N–H and O–H groups in total. The minimum absolute atomic E-state index is 0.186. The maximum absolute atomic E-state index is 15.3. The highest BCUT2D eigenvalue weighted by Gasteiger charge is 2.81. The van der Waals surface area contributed by atoms with Gasteiger partial charge in [-0.1, -0.05) is 76.8 Å². The van der Waals surface area contributed by atoms with Crippen LogP contribution in [0.4, 0.5) is 22.0 Å². The van der Waals surface area contributed by atoms with Crippen molar-refractivity contribution >= 4 is 20.2 Å². The van der Waals surface area contributed by atoms with Crippen molar-refractivity contribution in [1.29, 1.82) is 0 Å². The summed E-state index contributed by atoms with van der Waals surface area (Å²) in [6.45, 7) is 0.484. The van der Waals surface area contributed by atoms with Crippen molar-refractivity contribution in [2.75, 3.05) is 0 Å². The average Bonchev–Trinajstić information content (AvgIpc) is 2.97. The minimum Gasteiger partial charge on any atom is -0.377 e. The van der Waals surface area contributed by atoms with Crippen LogP contribution >= 0.6 is 0 Å². The molecule has 0 aliphatic heterocycles. The summed E-state index contributed by atoms with van der Waals surface area (Å²) < 4.78 is 139. The zero-order valence-corrected chi connectivity index (χ0v) is 25.5. The van der Waals surface area contributed by atoms with Gasteiger partial charge in [0.25, 0.3) is 0 Å². The van der Waals surface area contributed by atoms with Gasteiger partial charge in [0.2, 0.25) is 0 Å². The van der Waals surface area contributed by atoms with E-state index in [9.17, 15) is 21.2 Å². The summed E-state index contributed by atoms with van der Waals surface area (Å²) in [6, 6.07) is 3.56. The number of benzene rings is 1. The van der Waals surface area contributed by atoms with E-state index in [2.05, 4.69) is 0 Å². The first-order chi connectivity index (χ1) is 19.6. The summed E-state index contributed by atoms with van der Waals surface area (Å²) in [5, 5.41) is -11.6. The Morgan fingerprint density at radius 3 is 1.45 bits per heavy atom. The highest BCUT2D eigenvalue weighted by atomic mass is 32.2. The largest absolute Gasteiger partial charge is 0.447 e. The van der Waals surface area contributed by atoms with Crippen molar-refractivity contribution in [3.63, 3.8) is 0 Å². The van der Waals surface area contributed by atoms with Crippen LogP contribution in [0.25, 0.3) is 0 Å². The van der Waals surface area contributed by atoms with Crippen LogP contribution in [0, 0.1) is 0 Å². The molecule has 0 spiro atoms. The summed E-state index contributed by atoms with van der Waals surface area (Å²) in [4.78, 5) is 0. The molecule has 42 heavy (non-hydrogen) atoms. The molecule has 0 aromatic heterocycles. The monoisotopic (exact) mass is 644 g/mol. The second-order valence-corrected chi connectivity index (χ2v) is 15.4. The Labute approximate surface area is 245 Å². The van der Waals surface area contributed by atoms with Gasteiger partial charge < -0.3 is 4.18 Å². The van der Waals surface area contributed by atoms with Crippen molar-refractivity contribution < 1.29 is 47.5 Å². The fraction of sp³-hybridized carbons (Fsp3) is 0.793. The van der Waals surface area contributed by atoms with Gasteiger partial charge in [-0.15, -0.1) is 0 Å². The van der Waals surface area contributed by atoms with Gasteiger partial charge in [-0.3, -0.25) is 4.55 Å². The van der Waals surface area contributed by atoms with Gasteiger partial charge in [-0.05, 0) is 73.0 Å². The Kier molecular flexibility index (Phi) is 9.94. The molecule has 3 aliphatic carbocycles. The average molecular weight is 645 g/mol. The molecule has 4 rings (SSSR count). The summed E-state index contributed by atoms with van der Waals surface area (Å²) in [5.74, 6) is -7.11. The first kappa shape index (κ1) is 33.4. The van der Waals surface area contributed by atoms with Gasteiger partial charge in [-0.25, -0.2) is 4.39 Å². The van der Waals surface area contributed by atoms with E-state index < -0.39 is 48.6 Å². The molecular weight excluding hydrogens is 603 g/mol. The third kappa shape index (κ3) is 6.07. The number of halogens is 5. The topological polar surface area (TPSA) is 97.7 Å². The van der Waals surface area contributed by atoms with Gasteiger partial charge in [0.1, 0.15) is 5.75 Å². The van der Waals surface area contributed by atoms with Crippen LogP contribution in [0.15, 0.2) is 12.1 Å². The maximum Gasteiger partial charge on any atom is 0.447 e. The molecule has 0 heterocycles. The van der Waals surface area contributed by atoms with Crippen LogP contribution in [-0.2, 0) is 20.2 Å². The number of alkyl halides is 5. The fourth-order valence-electron chi connectivity index (χ4n) is 7.00. The Morgan fingerprint density at radius 2 is 1.10 bits per heavy atom. The predicted octanol–water partition coefficient (Wildman–Crippen LogP) is 8.73. The molecule has 3 saturated carbocycles. The zero-order valence-electron chi connectivity index (χ0n) is 23.9. The second-order valence-electron chi connectivity index (χ2n) is 12.2. The molecule has 1 aromatic carbocycles. The van der Waals surface area contributed by atoms with Gasteiger partial charge in [0.15, 0.2) is 0 Å². The molecule has 13 heteroatoms. The Morgan fingerprint density at radius 1 is 0.714 bits per heavy atom.